The molecule has 9 heteroatoms. The highest BCUT2D eigenvalue weighted by Gasteiger charge is 2.61. The van der Waals surface area contributed by atoms with Gasteiger partial charge in [-0.15, -0.1) is 4.98 Å². The second-order valence-corrected chi connectivity index (χ2v) is 7.28. The molecule has 1 aromatic heterocycles. The molecule has 150 valence electrons. The van der Waals surface area contributed by atoms with Gasteiger partial charge in [-0.25, -0.2) is 4.57 Å². The first kappa shape index (κ1) is 19.0. The van der Waals surface area contributed by atoms with Crippen molar-refractivity contribution in [2.75, 3.05) is 23.4 Å². The molecule has 1 amide bonds. The number of nitrogens with zero attached hydrogens (tertiary/aromatic N) is 4. The molecule has 2 aliphatic rings. The normalized spacial score (nSPS) is 22.4. The number of ketones is 1. The Balaban J connectivity index is 1.99. The molecule has 0 fully saturated rings. The SMILES string of the molecule is CC(=O)N1CCc2c(nc[n+]3c2N(C)C(C(C)=O)(C(=O)[O-])C3O)-c2ccccc21. The molecular formula is C20H20N4O5. The summed E-state index contributed by atoms with van der Waals surface area (Å²) in [4.78, 5) is 43.9. The van der Waals surface area contributed by atoms with Gasteiger partial charge in [0.15, 0.2) is 11.5 Å². The van der Waals surface area contributed by atoms with Gasteiger partial charge in [-0.2, -0.15) is 0 Å². The number of aromatic nitrogens is 2. The number of fused-ring (bicyclic) bond motifs is 5. The summed E-state index contributed by atoms with van der Waals surface area (Å²) < 4.78 is 1.28. The summed E-state index contributed by atoms with van der Waals surface area (Å²) in [5, 5.41) is 22.8. The molecule has 2 aliphatic heterocycles. The van der Waals surface area contributed by atoms with Crippen molar-refractivity contribution in [2.45, 2.75) is 32.0 Å². The average Bonchev–Trinajstić information content (AvgIpc) is 2.80. The van der Waals surface area contributed by atoms with Gasteiger partial charge in [-0.1, -0.05) is 12.1 Å². The molecule has 9 nitrogen and oxygen atoms in total. The van der Waals surface area contributed by atoms with Crippen molar-refractivity contribution in [3.8, 4) is 11.3 Å². The van der Waals surface area contributed by atoms with Crippen molar-refractivity contribution in [3.63, 3.8) is 0 Å². The number of amides is 1. The van der Waals surface area contributed by atoms with Crippen molar-refractivity contribution in [1.29, 1.82) is 0 Å². The molecule has 0 bridgehead atoms. The second-order valence-electron chi connectivity index (χ2n) is 7.28. The summed E-state index contributed by atoms with van der Waals surface area (Å²) in [7, 11) is 1.44. The first-order valence-electron chi connectivity index (χ1n) is 9.17. The molecule has 1 aromatic carbocycles. The summed E-state index contributed by atoms with van der Waals surface area (Å²) in [6, 6.07) is 7.32. The van der Waals surface area contributed by atoms with Gasteiger partial charge in [-0.05, 0) is 19.1 Å². The quantitative estimate of drug-likeness (QED) is 0.509. The molecule has 0 saturated carbocycles. The van der Waals surface area contributed by atoms with E-state index in [1.807, 2.05) is 24.3 Å². The molecule has 1 N–H and O–H groups in total. The highest BCUT2D eigenvalue weighted by Crippen LogP contribution is 2.42. The van der Waals surface area contributed by atoms with Crippen LogP contribution < -0.4 is 19.5 Å². The Labute approximate surface area is 166 Å². The van der Waals surface area contributed by atoms with E-state index >= 15 is 0 Å². The van der Waals surface area contributed by atoms with Gasteiger partial charge in [-0.3, -0.25) is 14.5 Å². The highest BCUT2D eigenvalue weighted by atomic mass is 16.4. The number of para-hydroxylation sites is 1. The maximum absolute atomic E-state index is 12.4. The van der Waals surface area contributed by atoms with Crippen LogP contribution >= 0.6 is 0 Å². The molecule has 0 spiro atoms. The molecule has 0 radical (unpaired) electrons. The first-order valence-corrected chi connectivity index (χ1v) is 9.17. The molecule has 29 heavy (non-hydrogen) atoms. The number of carbonyl (C=O) groups is 3. The fourth-order valence-corrected chi connectivity index (χ4v) is 4.46. The van der Waals surface area contributed by atoms with E-state index in [-0.39, 0.29) is 5.91 Å². The second kappa shape index (κ2) is 6.35. The molecule has 0 saturated heterocycles. The lowest BCUT2D eigenvalue weighted by atomic mass is 9.92. The van der Waals surface area contributed by atoms with Gasteiger partial charge in [0.25, 0.3) is 0 Å². The van der Waals surface area contributed by atoms with Gasteiger partial charge in [0.1, 0.15) is 0 Å². The maximum Gasteiger partial charge on any atom is 0.241 e. The summed E-state index contributed by atoms with van der Waals surface area (Å²) in [5.41, 5.74) is 0.392. The highest BCUT2D eigenvalue weighted by molar-refractivity contribution is 6.10. The van der Waals surface area contributed by atoms with Gasteiger partial charge < -0.3 is 19.9 Å². The number of rotatable bonds is 2. The van der Waals surface area contributed by atoms with Crippen molar-refractivity contribution >= 4 is 29.2 Å². The van der Waals surface area contributed by atoms with Crippen LogP contribution in [-0.4, -0.2) is 46.9 Å². The van der Waals surface area contributed by atoms with Crippen molar-refractivity contribution in [2.24, 2.45) is 0 Å². The number of likely N-dealkylation sites (N-methyl/N-ethyl adjacent to an activating group) is 1. The number of carboxylic acid groups (broad SMARTS) is 1. The number of hydrogen-bond donors (Lipinski definition) is 1. The summed E-state index contributed by atoms with van der Waals surface area (Å²) in [6.45, 7) is 2.94. The zero-order valence-corrected chi connectivity index (χ0v) is 16.2. The Morgan fingerprint density at radius 1 is 1.28 bits per heavy atom. The van der Waals surface area contributed by atoms with Crippen LogP contribution in [-0.2, 0) is 20.8 Å². The van der Waals surface area contributed by atoms with Crippen molar-refractivity contribution < 1.29 is 29.2 Å². The predicted molar refractivity (Wildman–Crippen MR) is 99.7 cm³/mol. The fraction of sp³-hybridized carbons (Fsp3) is 0.350. The Morgan fingerprint density at radius 3 is 2.59 bits per heavy atom. The Kier molecular flexibility index (Phi) is 4.16. The number of Topliss-reactive ketones (excluding diaryl/α,β-unsaturated/α-hetero) is 1. The number of carbonyl (C=O) groups excluding carboxylic acids is 3. The summed E-state index contributed by atoms with van der Waals surface area (Å²) in [6.07, 6.45) is -0.00110. The number of carboxylic acids is 1. The molecule has 2 aromatic rings. The van der Waals surface area contributed by atoms with Gasteiger partial charge in [0.2, 0.25) is 29.8 Å². The van der Waals surface area contributed by atoms with E-state index in [0.29, 0.717) is 35.7 Å². The number of aliphatic hydroxyl groups excluding tert-OH is 1. The van der Waals surface area contributed by atoms with Crippen LogP contribution in [0.2, 0.25) is 0 Å². The standard InChI is InChI=1S/C20H20N4O5/c1-11(25)20(19(28)29)18(27)24-10-21-16-13-6-4-5-7-15(13)23(12(2)26)9-8-14(16)17(24)22(20)3/h4-7,10,18,27H,8-9H2,1-3H3. The topological polar surface area (TPSA) is 118 Å². The third-order valence-electron chi connectivity index (χ3n) is 5.86. The molecule has 3 heterocycles. The summed E-state index contributed by atoms with van der Waals surface area (Å²) >= 11 is 0. The zero-order chi connectivity index (χ0) is 21.1. The Hall–Kier alpha value is -3.33. The molecule has 2 atom stereocenters. The van der Waals surface area contributed by atoms with Crippen molar-refractivity contribution in [3.05, 3.63) is 36.2 Å². The van der Waals surface area contributed by atoms with Gasteiger partial charge >= 0.3 is 0 Å². The van der Waals surface area contributed by atoms with E-state index in [1.165, 1.54) is 29.8 Å². The number of anilines is 2. The van der Waals surface area contributed by atoms with Gasteiger partial charge in [0, 0.05) is 25.5 Å². The van der Waals surface area contributed by atoms with E-state index in [4.69, 9.17) is 0 Å². The van der Waals surface area contributed by atoms with Crippen molar-refractivity contribution in [1.82, 2.24) is 4.98 Å². The first-order chi connectivity index (χ1) is 13.7. The minimum absolute atomic E-state index is 0.129. The van der Waals surface area contributed by atoms with Crippen LogP contribution in [0.5, 0.6) is 0 Å². The van der Waals surface area contributed by atoms with Crippen LogP contribution in [0.1, 0.15) is 25.6 Å². The fourth-order valence-electron chi connectivity index (χ4n) is 4.46. The van der Waals surface area contributed by atoms with Crippen LogP contribution in [0.15, 0.2) is 30.6 Å². The lowest BCUT2D eigenvalue weighted by molar-refractivity contribution is -0.742. The zero-order valence-electron chi connectivity index (χ0n) is 16.2. The molecule has 0 aliphatic carbocycles. The molecular weight excluding hydrogens is 376 g/mol. The minimum Gasteiger partial charge on any atom is -0.545 e. The van der Waals surface area contributed by atoms with Gasteiger partial charge in [0.05, 0.1) is 24.3 Å². The smallest absolute Gasteiger partial charge is 0.241 e. The Morgan fingerprint density at radius 2 is 1.97 bits per heavy atom. The van der Waals surface area contributed by atoms with E-state index in [9.17, 15) is 24.6 Å². The minimum atomic E-state index is -2.25. The lowest BCUT2D eigenvalue weighted by Gasteiger charge is -2.32. The number of aliphatic carboxylic acids is 1. The average molecular weight is 396 g/mol. The largest absolute Gasteiger partial charge is 0.545 e. The van der Waals surface area contributed by atoms with Crippen LogP contribution in [0.4, 0.5) is 11.5 Å². The van der Waals surface area contributed by atoms with Crippen LogP contribution in [0.3, 0.4) is 0 Å². The molecule has 2 unspecified atom stereocenters. The monoisotopic (exact) mass is 396 g/mol. The van der Waals surface area contributed by atoms with E-state index in [0.717, 1.165) is 12.5 Å². The van der Waals surface area contributed by atoms with E-state index in [2.05, 4.69) is 4.98 Å². The van der Waals surface area contributed by atoms with Crippen LogP contribution in [0.25, 0.3) is 11.3 Å². The number of aliphatic hydroxyl groups is 1. The third kappa shape index (κ3) is 2.34. The number of hydrogen-bond acceptors (Lipinski definition) is 7. The maximum atomic E-state index is 12.4. The molecule has 4 rings (SSSR count). The van der Waals surface area contributed by atoms with Crippen LogP contribution in [0, 0.1) is 0 Å². The van der Waals surface area contributed by atoms with E-state index in [1.54, 1.807) is 4.90 Å². The lowest BCUT2D eigenvalue weighted by Crippen LogP contribution is -2.66. The third-order valence-corrected chi connectivity index (χ3v) is 5.86. The summed E-state index contributed by atoms with van der Waals surface area (Å²) in [5.74, 6) is -2.20. The number of benzene rings is 1. The van der Waals surface area contributed by atoms with E-state index < -0.39 is 23.5 Å². The predicted octanol–water partition coefficient (Wildman–Crippen LogP) is -1.04. The Bertz CT molecular complexity index is 1050.